The Kier molecular flexibility index (Phi) is 5.63. The topological polar surface area (TPSA) is 48.4 Å². The van der Waals surface area contributed by atoms with Crippen LogP contribution >= 0.6 is 22.9 Å². The predicted molar refractivity (Wildman–Crippen MR) is 94.3 cm³/mol. The number of para-hydroxylation sites is 1. The fraction of sp³-hybridized carbons (Fsp3) is 0.111. The highest BCUT2D eigenvalue weighted by Crippen LogP contribution is 2.30. The number of thiazole rings is 1. The molecule has 0 aliphatic rings. The van der Waals surface area contributed by atoms with E-state index < -0.39 is 11.8 Å². The van der Waals surface area contributed by atoms with E-state index in [1.807, 2.05) is 18.2 Å². The molecule has 0 saturated heterocycles. The maximum Gasteiger partial charge on any atom is 0.344 e. The zero-order valence-corrected chi connectivity index (χ0v) is 14.5. The molecule has 0 saturated carbocycles. The van der Waals surface area contributed by atoms with Gasteiger partial charge >= 0.3 is 5.97 Å². The summed E-state index contributed by atoms with van der Waals surface area (Å²) in [5.41, 5.74) is 1.44. The Hall–Kier alpha value is -2.44. The summed E-state index contributed by atoms with van der Waals surface area (Å²) in [7, 11) is 0. The maximum atomic E-state index is 13.4. The van der Waals surface area contributed by atoms with Crippen LogP contribution in [0.25, 0.3) is 10.6 Å². The Morgan fingerprint density at radius 3 is 2.72 bits per heavy atom. The highest BCUT2D eigenvalue weighted by atomic mass is 35.5. The SMILES string of the molecule is O=C(COc1ccccc1F)OCc1csc(-c2ccccc2Cl)n1. The van der Waals surface area contributed by atoms with Crippen molar-refractivity contribution < 1.29 is 18.7 Å². The van der Waals surface area contributed by atoms with Crippen molar-refractivity contribution >= 4 is 28.9 Å². The molecule has 25 heavy (non-hydrogen) atoms. The molecule has 1 aromatic heterocycles. The van der Waals surface area contributed by atoms with Crippen LogP contribution in [-0.2, 0) is 16.1 Å². The Bertz CT molecular complexity index is 884. The Morgan fingerprint density at radius 1 is 1.16 bits per heavy atom. The molecular formula is C18H13ClFNO3S. The summed E-state index contributed by atoms with van der Waals surface area (Å²) in [6.07, 6.45) is 0. The van der Waals surface area contributed by atoms with Gasteiger partial charge in [-0.25, -0.2) is 14.2 Å². The lowest BCUT2D eigenvalue weighted by Crippen LogP contribution is -2.15. The second kappa shape index (κ2) is 8.09. The van der Waals surface area contributed by atoms with E-state index in [1.165, 1.54) is 23.5 Å². The first-order valence-electron chi connectivity index (χ1n) is 7.36. The van der Waals surface area contributed by atoms with Crippen molar-refractivity contribution in [2.24, 2.45) is 0 Å². The number of carbonyl (C=O) groups excluding carboxylic acids is 1. The first-order chi connectivity index (χ1) is 12.1. The molecule has 2 aromatic carbocycles. The quantitative estimate of drug-likeness (QED) is 0.583. The van der Waals surface area contributed by atoms with Crippen LogP contribution in [0.3, 0.4) is 0 Å². The van der Waals surface area contributed by atoms with Crippen LogP contribution in [0.2, 0.25) is 5.02 Å². The Morgan fingerprint density at radius 2 is 1.92 bits per heavy atom. The number of ether oxygens (including phenoxy) is 2. The minimum absolute atomic E-state index is 0.00844. The molecule has 128 valence electrons. The number of nitrogens with zero attached hydrogens (tertiary/aromatic N) is 1. The molecule has 0 atom stereocenters. The van der Waals surface area contributed by atoms with Crippen molar-refractivity contribution in [2.45, 2.75) is 6.61 Å². The summed E-state index contributed by atoms with van der Waals surface area (Å²) < 4.78 is 23.6. The van der Waals surface area contributed by atoms with E-state index in [0.29, 0.717) is 10.7 Å². The molecule has 1 heterocycles. The van der Waals surface area contributed by atoms with Crippen LogP contribution in [0.15, 0.2) is 53.9 Å². The van der Waals surface area contributed by atoms with E-state index in [2.05, 4.69) is 4.98 Å². The highest BCUT2D eigenvalue weighted by molar-refractivity contribution is 7.13. The van der Waals surface area contributed by atoms with Gasteiger partial charge in [0, 0.05) is 10.9 Å². The van der Waals surface area contributed by atoms with Crippen LogP contribution in [0.1, 0.15) is 5.69 Å². The van der Waals surface area contributed by atoms with E-state index >= 15 is 0 Å². The summed E-state index contributed by atoms with van der Waals surface area (Å²) in [5.74, 6) is -1.12. The van der Waals surface area contributed by atoms with Gasteiger partial charge in [-0.3, -0.25) is 0 Å². The van der Waals surface area contributed by atoms with Crippen molar-refractivity contribution in [3.05, 3.63) is 70.4 Å². The van der Waals surface area contributed by atoms with Crippen molar-refractivity contribution in [1.29, 1.82) is 0 Å². The average Bonchev–Trinajstić information content (AvgIpc) is 3.08. The monoisotopic (exact) mass is 377 g/mol. The van der Waals surface area contributed by atoms with Gasteiger partial charge in [-0.15, -0.1) is 11.3 Å². The van der Waals surface area contributed by atoms with Crippen LogP contribution in [-0.4, -0.2) is 17.6 Å². The van der Waals surface area contributed by atoms with Gasteiger partial charge < -0.3 is 9.47 Å². The van der Waals surface area contributed by atoms with Gasteiger partial charge in [-0.2, -0.15) is 0 Å². The van der Waals surface area contributed by atoms with Gasteiger partial charge in [0.1, 0.15) is 11.6 Å². The fourth-order valence-electron chi connectivity index (χ4n) is 2.03. The zero-order valence-electron chi connectivity index (χ0n) is 12.9. The molecule has 0 unspecified atom stereocenters. The summed E-state index contributed by atoms with van der Waals surface area (Å²) in [6.45, 7) is -0.358. The number of esters is 1. The van der Waals surface area contributed by atoms with Gasteiger partial charge in [0.2, 0.25) is 0 Å². The van der Waals surface area contributed by atoms with E-state index in [1.54, 1.807) is 23.6 Å². The van der Waals surface area contributed by atoms with Gasteiger partial charge in [0.25, 0.3) is 0 Å². The van der Waals surface area contributed by atoms with Crippen molar-refractivity contribution in [3.8, 4) is 16.3 Å². The second-order valence-electron chi connectivity index (χ2n) is 5.00. The molecule has 3 rings (SSSR count). The van der Waals surface area contributed by atoms with Crippen molar-refractivity contribution in [1.82, 2.24) is 4.98 Å². The first-order valence-corrected chi connectivity index (χ1v) is 8.61. The minimum Gasteiger partial charge on any atom is -0.479 e. The van der Waals surface area contributed by atoms with E-state index in [-0.39, 0.29) is 19.0 Å². The minimum atomic E-state index is -0.601. The molecule has 4 nitrogen and oxygen atoms in total. The number of hydrogen-bond donors (Lipinski definition) is 0. The lowest BCUT2D eigenvalue weighted by molar-refractivity contribution is -0.147. The lowest BCUT2D eigenvalue weighted by Gasteiger charge is -2.06. The number of carbonyl (C=O) groups is 1. The molecule has 0 bridgehead atoms. The summed E-state index contributed by atoms with van der Waals surface area (Å²) in [4.78, 5) is 16.1. The van der Waals surface area contributed by atoms with Gasteiger partial charge in [0.15, 0.2) is 18.2 Å². The Labute approximate surface area is 152 Å². The molecule has 0 radical (unpaired) electrons. The molecule has 0 amide bonds. The molecule has 0 aliphatic heterocycles. The highest BCUT2D eigenvalue weighted by Gasteiger charge is 2.11. The Balaban J connectivity index is 1.53. The fourth-order valence-corrected chi connectivity index (χ4v) is 3.15. The molecule has 0 fully saturated rings. The normalized spacial score (nSPS) is 10.5. The van der Waals surface area contributed by atoms with Crippen LogP contribution in [0.5, 0.6) is 5.75 Å². The molecular weight excluding hydrogens is 365 g/mol. The van der Waals surface area contributed by atoms with Crippen LogP contribution in [0, 0.1) is 5.82 Å². The summed E-state index contributed by atoms with van der Waals surface area (Å²) >= 11 is 7.55. The maximum absolute atomic E-state index is 13.4. The van der Waals surface area contributed by atoms with Crippen molar-refractivity contribution in [2.75, 3.05) is 6.61 Å². The number of hydrogen-bond acceptors (Lipinski definition) is 5. The third kappa shape index (κ3) is 4.55. The van der Waals surface area contributed by atoms with Crippen molar-refractivity contribution in [3.63, 3.8) is 0 Å². The first kappa shape index (κ1) is 17.4. The number of benzene rings is 2. The third-order valence-electron chi connectivity index (χ3n) is 3.22. The van der Waals surface area contributed by atoms with Crippen LogP contribution < -0.4 is 4.74 Å². The second-order valence-corrected chi connectivity index (χ2v) is 6.27. The summed E-state index contributed by atoms with van der Waals surface area (Å²) in [6, 6.07) is 13.2. The van der Waals surface area contributed by atoms with Gasteiger partial charge in [-0.1, -0.05) is 41.9 Å². The smallest absolute Gasteiger partial charge is 0.344 e. The molecule has 0 N–H and O–H groups in total. The number of halogens is 2. The number of aromatic nitrogens is 1. The lowest BCUT2D eigenvalue weighted by atomic mass is 10.2. The largest absolute Gasteiger partial charge is 0.479 e. The van der Waals surface area contributed by atoms with E-state index in [0.717, 1.165) is 10.6 Å². The number of rotatable bonds is 6. The molecule has 0 spiro atoms. The molecule has 7 heteroatoms. The average molecular weight is 378 g/mol. The molecule has 0 aliphatic carbocycles. The van der Waals surface area contributed by atoms with Gasteiger partial charge in [0.05, 0.1) is 10.7 Å². The van der Waals surface area contributed by atoms with Gasteiger partial charge in [-0.05, 0) is 18.2 Å². The van der Waals surface area contributed by atoms with E-state index in [9.17, 15) is 9.18 Å². The predicted octanol–water partition coefficient (Wildman–Crippen LogP) is 4.72. The summed E-state index contributed by atoms with van der Waals surface area (Å²) in [5, 5.41) is 3.15. The van der Waals surface area contributed by atoms with E-state index in [4.69, 9.17) is 21.1 Å². The molecule has 3 aromatic rings. The zero-order chi connectivity index (χ0) is 17.6. The standard InChI is InChI=1S/C18H13ClFNO3S/c19-14-6-2-1-5-13(14)18-21-12(11-25-18)9-24-17(22)10-23-16-8-4-3-7-15(16)20/h1-8,11H,9-10H2. The van der Waals surface area contributed by atoms with Crippen LogP contribution in [0.4, 0.5) is 4.39 Å². The third-order valence-corrected chi connectivity index (χ3v) is 4.47.